The van der Waals surface area contributed by atoms with E-state index in [1.165, 1.54) is 31.0 Å². The third kappa shape index (κ3) is 4.40. The lowest BCUT2D eigenvalue weighted by Crippen LogP contribution is -2.41. The van der Waals surface area contributed by atoms with E-state index < -0.39 is 0 Å². The van der Waals surface area contributed by atoms with Crippen molar-refractivity contribution in [2.75, 3.05) is 5.75 Å². The summed E-state index contributed by atoms with van der Waals surface area (Å²) < 4.78 is 2.64. The van der Waals surface area contributed by atoms with Crippen LogP contribution < -0.4 is 5.32 Å². The number of hydrogen-bond acceptors (Lipinski definition) is 5. The molecule has 0 bridgehead atoms. The lowest BCUT2D eigenvalue weighted by atomic mass is 9.86. The number of amides is 1. The number of nitrogens with zero attached hydrogens (tertiary/aromatic N) is 3. The predicted octanol–water partition coefficient (Wildman–Crippen LogP) is 3.74. The summed E-state index contributed by atoms with van der Waals surface area (Å²) in [6.07, 6.45) is 4.69. The van der Waals surface area contributed by atoms with E-state index >= 15 is 0 Å². The molecule has 26 heavy (non-hydrogen) atoms. The largest absolute Gasteiger partial charge is 0.507 e. The molecular formula is C18H23BrN4O2S. The van der Waals surface area contributed by atoms with Gasteiger partial charge in [-0.15, -0.1) is 10.2 Å². The van der Waals surface area contributed by atoms with Gasteiger partial charge < -0.3 is 15.0 Å². The van der Waals surface area contributed by atoms with Crippen LogP contribution >= 0.6 is 27.7 Å². The smallest absolute Gasteiger partial charge is 0.230 e. The number of rotatable bonds is 5. The van der Waals surface area contributed by atoms with E-state index in [0.29, 0.717) is 28.2 Å². The molecule has 2 atom stereocenters. The van der Waals surface area contributed by atoms with Crippen LogP contribution in [-0.2, 0) is 11.8 Å². The quantitative estimate of drug-likeness (QED) is 0.694. The summed E-state index contributed by atoms with van der Waals surface area (Å²) in [7, 11) is 1.83. The van der Waals surface area contributed by atoms with Crippen molar-refractivity contribution in [1.29, 1.82) is 0 Å². The van der Waals surface area contributed by atoms with E-state index in [-0.39, 0.29) is 17.7 Å². The number of aromatic nitrogens is 3. The first-order chi connectivity index (χ1) is 12.5. The van der Waals surface area contributed by atoms with Crippen molar-refractivity contribution in [2.24, 2.45) is 13.0 Å². The van der Waals surface area contributed by atoms with Gasteiger partial charge in [0.25, 0.3) is 0 Å². The maximum absolute atomic E-state index is 12.3. The van der Waals surface area contributed by atoms with Crippen LogP contribution in [0.15, 0.2) is 27.8 Å². The van der Waals surface area contributed by atoms with Crippen LogP contribution in [0, 0.1) is 5.92 Å². The topological polar surface area (TPSA) is 80.0 Å². The van der Waals surface area contributed by atoms with Gasteiger partial charge in [0.1, 0.15) is 5.75 Å². The van der Waals surface area contributed by atoms with E-state index in [2.05, 4.69) is 38.4 Å². The lowest BCUT2D eigenvalue weighted by molar-refractivity contribution is -0.119. The number of halogens is 1. The molecule has 8 heteroatoms. The first-order valence-corrected chi connectivity index (χ1v) is 10.5. The van der Waals surface area contributed by atoms with Crippen LogP contribution in [0.3, 0.4) is 0 Å². The SMILES string of the molecule is C[C@H]1CCCC[C@H]1NC(=O)CSc1nnc(-c2cc(Br)ccc2O)n1C. The average molecular weight is 439 g/mol. The Kier molecular flexibility index (Phi) is 6.24. The molecule has 1 amide bonds. The van der Waals surface area contributed by atoms with Gasteiger partial charge >= 0.3 is 0 Å². The Morgan fingerprint density at radius 2 is 2.15 bits per heavy atom. The zero-order valence-corrected chi connectivity index (χ0v) is 17.3. The summed E-state index contributed by atoms with van der Waals surface area (Å²) in [4.78, 5) is 12.3. The number of nitrogens with one attached hydrogen (secondary N) is 1. The van der Waals surface area contributed by atoms with Gasteiger partial charge in [-0.1, -0.05) is 47.5 Å². The van der Waals surface area contributed by atoms with Gasteiger partial charge in [0.05, 0.1) is 11.3 Å². The molecule has 140 valence electrons. The summed E-state index contributed by atoms with van der Waals surface area (Å²) in [5, 5.41) is 22.2. The molecule has 0 radical (unpaired) electrons. The van der Waals surface area contributed by atoms with Crippen molar-refractivity contribution in [2.45, 2.75) is 43.8 Å². The summed E-state index contributed by atoms with van der Waals surface area (Å²) in [6.45, 7) is 2.21. The van der Waals surface area contributed by atoms with E-state index in [1.807, 2.05) is 7.05 Å². The van der Waals surface area contributed by atoms with E-state index in [0.717, 1.165) is 10.9 Å². The maximum Gasteiger partial charge on any atom is 0.230 e. The summed E-state index contributed by atoms with van der Waals surface area (Å²) in [5.74, 6) is 1.58. The minimum absolute atomic E-state index is 0.0311. The Hall–Kier alpha value is -1.54. The summed E-state index contributed by atoms with van der Waals surface area (Å²) in [6, 6.07) is 5.46. The molecule has 1 heterocycles. The Bertz CT molecular complexity index is 795. The van der Waals surface area contributed by atoms with Crippen LogP contribution in [0.2, 0.25) is 0 Å². The minimum atomic E-state index is 0.0311. The third-order valence-electron chi connectivity index (χ3n) is 4.82. The fourth-order valence-corrected chi connectivity index (χ4v) is 4.36. The monoisotopic (exact) mass is 438 g/mol. The van der Waals surface area contributed by atoms with Gasteiger partial charge in [0.2, 0.25) is 5.91 Å². The normalized spacial score (nSPS) is 20.1. The molecule has 2 aromatic rings. The zero-order chi connectivity index (χ0) is 18.7. The molecule has 0 aliphatic heterocycles. The molecule has 2 N–H and O–H groups in total. The first kappa shape index (κ1) is 19.2. The molecule has 1 aliphatic carbocycles. The van der Waals surface area contributed by atoms with Crippen molar-refractivity contribution in [3.05, 3.63) is 22.7 Å². The van der Waals surface area contributed by atoms with Crippen LogP contribution in [0.5, 0.6) is 5.75 Å². The molecule has 1 saturated carbocycles. The summed E-state index contributed by atoms with van der Waals surface area (Å²) >= 11 is 4.75. The fraction of sp³-hybridized carbons (Fsp3) is 0.500. The number of hydrogen-bond donors (Lipinski definition) is 2. The molecule has 1 aromatic carbocycles. The second-order valence-corrected chi connectivity index (χ2v) is 8.61. The molecule has 1 aromatic heterocycles. The Labute approximate surface area is 165 Å². The number of thioether (sulfide) groups is 1. The number of phenolic OH excluding ortho intramolecular Hbond substituents is 1. The summed E-state index contributed by atoms with van der Waals surface area (Å²) in [5.41, 5.74) is 0.599. The maximum atomic E-state index is 12.3. The second kappa shape index (κ2) is 8.43. The van der Waals surface area contributed by atoms with Crippen molar-refractivity contribution >= 4 is 33.6 Å². The van der Waals surface area contributed by atoms with E-state index in [4.69, 9.17) is 0 Å². The zero-order valence-electron chi connectivity index (χ0n) is 14.9. The molecular weight excluding hydrogens is 416 g/mol. The van der Waals surface area contributed by atoms with Gasteiger partial charge in [-0.05, 0) is 37.0 Å². The van der Waals surface area contributed by atoms with Crippen LogP contribution in [0.1, 0.15) is 32.6 Å². The number of benzene rings is 1. The molecule has 0 unspecified atom stereocenters. The highest BCUT2D eigenvalue weighted by Crippen LogP contribution is 2.32. The Balaban J connectivity index is 1.63. The fourth-order valence-electron chi connectivity index (χ4n) is 3.27. The number of carbonyl (C=O) groups excluding carboxylic acids is 1. The predicted molar refractivity (Wildman–Crippen MR) is 106 cm³/mol. The Morgan fingerprint density at radius 3 is 2.92 bits per heavy atom. The minimum Gasteiger partial charge on any atom is -0.507 e. The lowest BCUT2D eigenvalue weighted by Gasteiger charge is -2.29. The van der Waals surface area contributed by atoms with Crippen LogP contribution in [0.25, 0.3) is 11.4 Å². The van der Waals surface area contributed by atoms with Gasteiger partial charge in [-0.25, -0.2) is 0 Å². The van der Waals surface area contributed by atoms with Crippen LogP contribution in [-0.4, -0.2) is 37.6 Å². The molecule has 0 saturated heterocycles. The first-order valence-electron chi connectivity index (χ1n) is 8.76. The standard InChI is InChI=1S/C18H23BrN4O2S/c1-11-5-3-4-6-14(11)20-16(25)10-26-18-22-21-17(23(18)2)13-9-12(19)7-8-15(13)24/h7-9,11,14,24H,3-6,10H2,1-2H3,(H,20,25)/t11-,14+/m0/s1. The van der Waals surface area contributed by atoms with Crippen molar-refractivity contribution in [3.63, 3.8) is 0 Å². The third-order valence-corrected chi connectivity index (χ3v) is 6.34. The second-order valence-electron chi connectivity index (χ2n) is 6.75. The number of phenols is 1. The molecule has 3 rings (SSSR count). The Morgan fingerprint density at radius 1 is 1.38 bits per heavy atom. The van der Waals surface area contributed by atoms with E-state index in [1.54, 1.807) is 22.8 Å². The van der Waals surface area contributed by atoms with Crippen molar-refractivity contribution < 1.29 is 9.90 Å². The van der Waals surface area contributed by atoms with Gasteiger partial charge in [0.15, 0.2) is 11.0 Å². The molecule has 0 spiro atoms. The van der Waals surface area contributed by atoms with Crippen molar-refractivity contribution in [3.8, 4) is 17.1 Å². The van der Waals surface area contributed by atoms with Gasteiger partial charge in [-0.3, -0.25) is 4.79 Å². The highest BCUT2D eigenvalue weighted by molar-refractivity contribution is 9.10. The number of aromatic hydroxyl groups is 1. The highest BCUT2D eigenvalue weighted by Gasteiger charge is 2.23. The van der Waals surface area contributed by atoms with Gasteiger partial charge in [-0.2, -0.15) is 0 Å². The van der Waals surface area contributed by atoms with Gasteiger partial charge in [0, 0.05) is 17.6 Å². The molecule has 1 fully saturated rings. The average Bonchev–Trinajstić information content (AvgIpc) is 2.98. The highest BCUT2D eigenvalue weighted by atomic mass is 79.9. The molecule has 6 nitrogen and oxygen atoms in total. The van der Waals surface area contributed by atoms with E-state index in [9.17, 15) is 9.90 Å². The van der Waals surface area contributed by atoms with Crippen molar-refractivity contribution in [1.82, 2.24) is 20.1 Å². The number of carbonyl (C=O) groups is 1. The molecule has 1 aliphatic rings. The van der Waals surface area contributed by atoms with Crippen LogP contribution in [0.4, 0.5) is 0 Å².